The Labute approximate surface area is 180 Å². The molecule has 1 N–H and O–H groups in total. The first-order valence-corrected chi connectivity index (χ1v) is 10.0. The third-order valence-corrected chi connectivity index (χ3v) is 5.21. The van der Waals surface area contributed by atoms with Crippen molar-refractivity contribution in [2.45, 2.75) is 19.1 Å². The molecule has 3 aromatic carbocycles. The first-order valence-electron chi connectivity index (χ1n) is 9.65. The first-order chi connectivity index (χ1) is 14.5. The molecule has 0 fully saturated rings. The highest BCUT2D eigenvalue weighted by Crippen LogP contribution is 2.28. The van der Waals surface area contributed by atoms with E-state index in [1.807, 2.05) is 42.5 Å². The van der Waals surface area contributed by atoms with E-state index in [2.05, 4.69) is 5.32 Å². The summed E-state index contributed by atoms with van der Waals surface area (Å²) in [6.07, 6.45) is -0.0459. The van der Waals surface area contributed by atoms with Crippen molar-refractivity contribution in [3.05, 3.63) is 94.5 Å². The van der Waals surface area contributed by atoms with E-state index in [-0.39, 0.29) is 11.8 Å². The molecule has 0 bridgehead atoms. The van der Waals surface area contributed by atoms with Crippen LogP contribution in [0.15, 0.2) is 72.8 Å². The lowest BCUT2D eigenvalue weighted by molar-refractivity contribution is -0.122. The predicted molar refractivity (Wildman–Crippen MR) is 117 cm³/mol. The number of nitrogens with zero attached hydrogens (tertiary/aromatic N) is 1. The Hall–Kier alpha value is -3.31. The quantitative estimate of drug-likeness (QED) is 0.658. The third-order valence-electron chi connectivity index (χ3n) is 4.97. The average molecular weight is 421 g/mol. The molecule has 1 aliphatic heterocycles. The number of nitrogens with one attached hydrogen (secondary N) is 1. The largest absolute Gasteiger partial charge is 0.480 e. The number of hydrogen-bond donors (Lipinski definition) is 1. The van der Waals surface area contributed by atoms with Gasteiger partial charge in [-0.05, 0) is 47.5 Å². The van der Waals surface area contributed by atoms with Crippen LogP contribution in [0, 0.1) is 0 Å². The highest BCUT2D eigenvalue weighted by atomic mass is 35.5. The molecule has 6 heteroatoms. The number of para-hydroxylation sites is 1. The van der Waals surface area contributed by atoms with E-state index in [0.717, 1.165) is 16.9 Å². The zero-order valence-electron chi connectivity index (χ0n) is 16.5. The SMILES string of the molecule is CN(Cc1cccc(Cl)c1)C(=O)c1cccc(NC(=O)C2Cc3ccccc3O2)c1. The third kappa shape index (κ3) is 4.47. The highest BCUT2D eigenvalue weighted by molar-refractivity contribution is 6.30. The Morgan fingerprint density at radius 2 is 1.87 bits per heavy atom. The van der Waals surface area contributed by atoms with E-state index in [4.69, 9.17) is 16.3 Å². The Morgan fingerprint density at radius 1 is 1.07 bits per heavy atom. The minimum absolute atomic E-state index is 0.143. The number of rotatable bonds is 5. The molecule has 30 heavy (non-hydrogen) atoms. The van der Waals surface area contributed by atoms with Crippen LogP contribution >= 0.6 is 11.6 Å². The van der Waals surface area contributed by atoms with Crippen LogP contribution in [0.1, 0.15) is 21.5 Å². The summed E-state index contributed by atoms with van der Waals surface area (Å²) >= 11 is 6.02. The summed E-state index contributed by atoms with van der Waals surface area (Å²) in [4.78, 5) is 27.1. The predicted octanol–water partition coefficient (Wildman–Crippen LogP) is 4.55. The Morgan fingerprint density at radius 3 is 2.67 bits per heavy atom. The van der Waals surface area contributed by atoms with E-state index in [9.17, 15) is 9.59 Å². The van der Waals surface area contributed by atoms with Crippen molar-refractivity contribution < 1.29 is 14.3 Å². The van der Waals surface area contributed by atoms with Crippen molar-refractivity contribution in [2.24, 2.45) is 0 Å². The highest BCUT2D eigenvalue weighted by Gasteiger charge is 2.28. The molecule has 0 aromatic heterocycles. The van der Waals surface area contributed by atoms with Crippen LogP contribution in [-0.2, 0) is 17.8 Å². The second-order valence-electron chi connectivity index (χ2n) is 7.28. The first kappa shape index (κ1) is 20.0. The second kappa shape index (κ2) is 8.59. The zero-order valence-corrected chi connectivity index (χ0v) is 17.2. The second-order valence-corrected chi connectivity index (χ2v) is 7.72. The van der Waals surface area contributed by atoms with E-state index in [1.54, 1.807) is 42.3 Å². The smallest absolute Gasteiger partial charge is 0.265 e. The van der Waals surface area contributed by atoms with Gasteiger partial charge in [0.05, 0.1) is 0 Å². The monoisotopic (exact) mass is 420 g/mol. The molecule has 1 heterocycles. The maximum Gasteiger partial charge on any atom is 0.265 e. The maximum atomic E-state index is 12.8. The van der Waals surface area contributed by atoms with Crippen molar-refractivity contribution in [2.75, 3.05) is 12.4 Å². The van der Waals surface area contributed by atoms with Gasteiger partial charge in [-0.15, -0.1) is 0 Å². The number of ether oxygens (including phenoxy) is 1. The van der Waals surface area contributed by atoms with E-state index in [0.29, 0.717) is 29.2 Å². The molecular formula is C24H21ClN2O3. The number of benzene rings is 3. The number of carbonyl (C=O) groups excluding carboxylic acids is 2. The molecule has 0 saturated carbocycles. The molecule has 1 unspecified atom stereocenters. The van der Waals surface area contributed by atoms with Gasteiger partial charge < -0.3 is 15.0 Å². The summed E-state index contributed by atoms with van der Waals surface area (Å²) in [5.41, 5.74) is 3.01. The topological polar surface area (TPSA) is 58.6 Å². The van der Waals surface area contributed by atoms with E-state index < -0.39 is 6.10 Å². The lowest BCUT2D eigenvalue weighted by Gasteiger charge is -2.18. The Bertz CT molecular complexity index is 1070. The molecule has 0 saturated heterocycles. The number of carbonyl (C=O) groups is 2. The van der Waals surface area contributed by atoms with Crippen molar-refractivity contribution in [3.8, 4) is 5.75 Å². The summed E-state index contributed by atoms with van der Waals surface area (Å²) in [7, 11) is 1.73. The van der Waals surface area contributed by atoms with Gasteiger partial charge in [0.2, 0.25) is 0 Å². The fourth-order valence-electron chi connectivity index (χ4n) is 3.48. The molecule has 1 aliphatic rings. The van der Waals surface area contributed by atoms with Crippen LogP contribution in [0.2, 0.25) is 5.02 Å². The minimum Gasteiger partial charge on any atom is -0.480 e. The minimum atomic E-state index is -0.577. The molecule has 5 nitrogen and oxygen atoms in total. The lowest BCUT2D eigenvalue weighted by atomic mass is 10.1. The van der Waals surface area contributed by atoms with Crippen LogP contribution in [0.3, 0.4) is 0 Å². The van der Waals surface area contributed by atoms with Crippen molar-refractivity contribution in [1.82, 2.24) is 4.90 Å². The molecule has 0 radical (unpaired) electrons. The van der Waals surface area contributed by atoms with Gasteiger partial charge in [0.15, 0.2) is 6.10 Å². The molecule has 152 valence electrons. The summed E-state index contributed by atoms with van der Waals surface area (Å²) in [5, 5.41) is 3.49. The summed E-state index contributed by atoms with van der Waals surface area (Å²) in [6.45, 7) is 0.435. The number of hydrogen-bond acceptors (Lipinski definition) is 3. The van der Waals surface area contributed by atoms with E-state index >= 15 is 0 Å². The Kier molecular flexibility index (Phi) is 5.72. The summed E-state index contributed by atoms with van der Waals surface area (Å²) < 4.78 is 5.73. The van der Waals surface area contributed by atoms with Crippen LogP contribution in [0.5, 0.6) is 5.75 Å². The van der Waals surface area contributed by atoms with Crippen LogP contribution in [0.25, 0.3) is 0 Å². The van der Waals surface area contributed by atoms with Crippen molar-refractivity contribution in [1.29, 1.82) is 0 Å². The van der Waals surface area contributed by atoms with Crippen LogP contribution in [-0.4, -0.2) is 29.9 Å². The fraction of sp³-hybridized carbons (Fsp3) is 0.167. The van der Waals surface area contributed by atoms with Crippen molar-refractivity contribution in [3.63, 3.8) is 0 Å². The molecule has 1 atom stereocenters. The molecule has 0 aliphatic carbocycles. The van der Waals surface area contributed by atoms with Crippen LogP contribution < -0.4 is 10.1 Å². The van der Waals surface area contributed by atoms with Gasteiger partial charge in [0, 0.05) is 36.3 Å². The normalized spacial score (nSPS) is 14.5. The molecule has 4 rings (SSSR count). The lowest BCUT2D eigenvalue weighted by Crippen LogP contribution is -2.31. The van der Waals surface area contributed by atoms with Gasteiger partial charge >= 0.3 is 0 Å². The summed E-state index contributed by atoms with van der Waals surface area (Å²) in [6, 6.07) is 22.0. The number of amides is 2. The van der Waals surface area contributed by atoms with E-state index in [1.165, 1.54) is 0 Å². The van der Waals surface area contributed by atoms with Gasteiger partial charge in [-0.3, -0.25) is 9.59 Å². The molecule has 2 amide bonds. The molecule has 0 spiro atoms. The molecular weight excluding hydrogens is 400 g/mol. The summed E-state index contributed by atoms with van der Waals surface area (Å²) in [5.74, 6) is 0.364. The standard InChI is InChI=1S/C24H21ClN2O3/c1-27(15-16-6-4-9-19(25)12-16)24(29)18-8-5-10-20(13-18)26-23(28)22-14-17-7-2-3-11-21(17)30-22/h2-13,22H,14-15H2,1H3,(H,26,28). The average Bonchev–Trinajstić information content (AvgIpc) is 3.18. The van der Waals surface area contributed by atoms with Gasteiger partial charge in [-0.25, -0.2) is 0 Å². The number of halogens is 1. The number of fused-ring (bicyclic) bond motifs is 1. The van der Waals surface area contributed by atoms with Gasteiger partial charge in [0.25, 0.3) is 11.8 Å². The van der Waals surface area contributed by atoms with Gasteiger partial charge in [-0.2, -0.15) is 0 Å². The number of anilines is 1. The fourth-order valence-corrected chi connectivity index (χ4v) is 3.70. The van der Waals surface area contributed by atoms with Crippen molar-refractivity contribution >= 4 is 29.1 Å². The van der Waals surface area contributed by atoms with Gasteiger partial charge in [-0.1, -0.05) is 48.0 Å². The van der Waals surface area contributed by atoms with Crippen LogP contribution in [0.4, 0.5) is 5.69 Å². The molecule has 3 aromatic rings. The maximum absolute atomic E-state index is 12.8. The Balaban J connectivity index is 1.41. The van der Waals surface area contributed by atoms with Gasteiger partial charge in [0.1, 0.15) is 5.75 Å². The zero-order chi connectivity index (χ0) is 21.1.